The van der Waals surface area contributed by atoms with E-state index in [1.807, 2.05) is 0 Å². The summed E-state index contributed by atoms with van der Waals surface area (Å²) in [5.41, 5.74) is 0.618. The van der Waals surface area contributed by atoms with Crippen molar-refractivity contribution < 1.29 is 9.59 Å². The molecule has 0 aliphatic carbocycles. The molecule has 112 valence electrons. The topological polar surface area (TPSA) is 116 Å². The molecule has 0 atom stereocenters. The Bertz CT molecular complexity index is 693. The largest absolute Gasteiger partial charge is 0.336 e. The van der Waals surface area contributed by atoms with Crippen LogP contribution in [0, 0.1) is 13.8 Å². The zero-order chi connectivity index (χ0) is 15.6. The van der Waals surface area contributed by atoms with Crippen LogP contribution in [0.3, 0.4) is 0 Å². The summed E-state index contributed by atoms with van der Waals surface area (Å²) < 4.78 is 1.32. The van der Waals surface area contributed by atoms with Crippen LogP contribution in [-0.4, -0.2) is 37.3 Å². The van der Waals surface area contributed by atoms with Crippen molar-refractivity contribution in [1.29, 1.82) is 0 Å². The summed E-state index contributed by atoms with van der Waals surface area (Å²) in [6, 6.07) is 0. The minimum atomic E-state index is -0.246. The van der Waals surface area contributed by atoms with Gasteiger partial charge < -0.3 is 11.2 Å². The highest BCUT2D eigenvalue weighted by Gasteiger charge is 2.14. The number of aromatic nitrogens is 4. The number of thiazole rings is 1. The van der Waals surface area contributed by atoms with Gasteiger partial charge in [0.2, 0.25) is 11.1 Å². The van der Waals surface area contributed by atoms with Crippen LogP contribution in [0.15, 0.2) is 5.16 Å². The number of thioether (sulfide) groups is 1. The molecule has 2 rings (SSSR count). The van der Waals surface area contributed by atoms with Crippen molar-refractivity contribution >= 4 is 39.9 Å². The second kappa shape index (κ2) is 6.22. The molecule has 0 saturated heterocycles. The highest BCUT2D eigenvalue weighted by molar-refractivity contribution is 7.99. The summed E-state index contributed by atoms with van der Waals surface area (Å²) in [5.74, 6) is 6.08. The number of ketones is 1. The van der Waals surface area contributed by atoms with Gasteiger partial charge in [0.05, 0.1) is 16.3 Å². The second-order valence-corrected chi connectivity index (χ2v) is 6.17. The number of carbonyl (C=O) groups excluding carboxylic acids is 2. The van der Waals surface area contributed by atoms with E-state index in [2.05, 4.69) is 20.5 Å². The third-order valence-corrected chi connectivity index (χ3v) is 4.65. The predicted octanol–water partition coefficient (Wildman–Crippen LogP) is 0.999. The highest BCUT2D eigenvalue weighted by Crippen LogP contribution is 2.23. The molecule has 0 spiro atoms. The number of hydrogen-bond acceptors (Lipinski definition) is 8. The van der Waals surface area contributed by atoms with E-state index in [-0.39, 0.29) is 17.4 Å². The molecule has 2 aromatic heterocycles. The molecule has 0 bridgehead atoms. The summed E-state index contributed by atoms with van der Waals surface area (Å²) in [6.07, 6.45) is 0. The number of nitrogens with zero attached hydrogens (tertiary/aromatic N) is 4. The Morgan fingerprint density at radius 1 is 1.38 bits per heavy atom. The van der Waals surface area contributed by atoms with Crippen molar-refractivity contribution in [2.75, 3.05) is 16.9 Å². The summed E-state index contributed by atoms with van der Waals surface area (Å²) in [4.78, 5) is 27.9. The van der Waals surface area contributed by atoms with Gasteiger partial charge in [-0.3, -0.25) is 9.59 Å². The smallest absolute Gasteiger partial charge is 0.236 e. The van der Waals surface area contributed by atoms with Crippen LogP contribution in [0.25, 0.3) is 0 Å². The number of Topliss-reactive ketones (excluding diaryl/α,β-unsaturated/α-hetero) is 1. The van der Waals surface area contributed by atoms with Crippen molar-refractivity contribution in [3.63, 3.8) is 0 Å². The molecule has 8 nitrogen and oxygen atoms in total. The maximum atomic E-state index is 11.8. The molecule has 2 heterocycles. The number of nitrogen functional groups attached to an aromatic ring is 1. The Kier molecular flexibility index (Phi) is 4.58. The van der Waals surface area contributed by atoms with Crippen molar-refractivity contribution in [2.45, 2.75) is 25.9 Å². The SMILES string of the molecule is CC(=O)c1sc(NC(=O)CSc2nnc(C)n2N)nc1C. The molecule has 2 aromatic rings. The Morgan fingerprint density at radius 3 is 2.62 bits per heavy atom. The third-order valence-electron chi connectivity index (χ3n) is 2.53. The average molecular weight is 326 g/mol. The summed E-state index contributed by atoms with van der Waals surface area (Å²) >= 11 is 2.34. The standard InChI is InChI=1S/C11H14N6O2S2/c1-5-9(6(2)18)21-10(13-5)14-8(19)4-20-11-16-15-7(3)17(11)12/h4,12H2,1-3H3,(H,13,14,19). The average Bonchev–Trinajstić information content (AvgIpc) is 2.92. The summed E-state index contributed by atoms with van der Waals surface area (Å²) in [7, 11) is 0. The zero-order valence-corrected chi connectivity index (χ0v) is 13.3. The van der Waals surface area contributed by atoms with E-state index in [1.165, 1.54) is 34.7 Å². The lowest BCUT2D eigenvalue weighted by molar-refractivity contribution is -0.113. The maximum absolute atomic E-state index is 11.8. The first kappa shape index (κ1) is 15.4. The number of aryl methyl sites for hydroxylation is 2. The first-order valence-electron chi connectivity index (χ1n) is 5.96. The van der Waals surface area contributed by atoms with E-state index in [1.54, 1.807) is 13.8 Å². The number of nitrogens with one attached hydrogen (secondary N) is 1. The number of carbonyl (C=O) groups is 2. The number of nitrogens with two attached hydrogens (primary N) is 1. The van der Waals surface area contributed by atoms with Crippen LogP contribution in [-0.2, 0) is 4.79 Å². The quantitative estimate of drug-likeness (QED) is 0.478. The Hall–Kier alpha value is -1.94. The maximum Gasteiger partial charge on any atom is 0.236 e. The van der Waals surface area contributed by atoms with E-state index in [0.29, 0.717) is 26.7 Å². The lowest BCUT2D eigenvalue weighted by Crippen LogP contribution is -2.16. The van der Waals surface area contributed by atoms with Gasteiger partial charge in [0.25, 0.3) is 0 Å². The molecule has 0 unspecified atom stereocenters. The van der Waals surface area contributed by atoms with E-state index >= 15 is 0 Å². The van der Waals surface area contributed by atoms with Gasteiger partial charge in [0, 0.05) is 6.92 Å². The van der Waals surface area contributed by atoms with Gasteiger partial charge in [0.15, 0.2) is 10.9 Å². The van der Waals surface area contributed by atoms with Crippen molar-refractivity contribution in [1.82, 2.24) is 19.9 Å². The molecule has 0 fully saturated rings. The Morgan fingerprint density at radius 2 is 2.10 bits per heavy atom. The molecular weight excluding hydrogens is 312 g/mol. The van der Waals surface area contributed by atoms with E-state index in [9.17, 15) is 9.59 Å². The predicted molar refractivity (Wildman–Crippen MR) is 81.1 cm³/mol. The summed E-state index contributed by atoms with van der Waals surface area (Å²) in [5, 5.41) is 11.2. The molecule has 0 saturated carbocycles. The van der Waals surface area contributed by atoms with Gasteiger partial charge in [0.1, 0.15) is 5.82 Å². The lowest BCUT2D eigenvalue weighted by Gasteiger charge is -2.01. The van der Waals surface area contributed by atoms with Crippen molar-refractivity contribution in [2.24, 2.45) is 0 Å². The fraction of sp³-hybridized carbons (Fsp3) is 0.364. The fourth-order valence-corrected chi connectivity index (χ4v) is 3.09. The zero-order valence-electron chi connectivity index (χ0n) is 11.7. The number of rotatable bonds is 5. The minimum Gasteiger partial charge on any atom is -0.336 e. The van der Waals surface area contributed by atoms with Crippen LogP contribution in [0.2, 0.25) is 0 Å². The molecule has 0 aromatic carbocycles. The lowest BCUT2D eigenvalue weighted by atomic mass is 10.3. The van der Waals surface area contributed by atoms with E-state index in [0.717, 1.165) is 0 Å². The molecule has 21 heavy (non-hydrogen) atoms. The van der Waals surface area contributed by atoms with Gasteiger partial charge in [-0.25, -0.2) is 9.66 Å². The Balaban J connectivity index is 1.94. The highest BCUT2D eigenvalue weighted by atomic mass is 32.2. The molecule has 10 heteroatoms. The van der Waals surface area contributed by atoms with Gasteiger partial charge in [-0.1, -0.05) is 23.1 Å². The van der Waals surface area contributed by atoms with Gasteiger partial charge in [-0.05, 0) is 13.8 Å². The van der Waals surface area contributed by atoms with Crippen LogP contribution in [0.4, 0.5) is 5.13 Å². The first-order valence-corrected chi connectivity index (χ1v) is 7.76. The van der Waals surface area contributed by atoms with Crippen molar-refractivity contribution in [3.8, 4) is 0 Å². The summed E-state index contributed by atoms with van der Waals surface area (Å²) in [6.45, 7) is 4.93. The first-order chi connectivity index (χ1) is 9.88. The minimum absolute atomic E-state index is 0.0633. The fourth-order valence-electron chi connectivity index (χ4n) is 1.51. The monoisotopic (exact) mass is 326 g/mol. The van der Waals surface area contributed by atoms with Gasteiger partial charge >= 0.3 is 0 Å². The second-order valence-electron chi connectivity index (χ2n) is 4.23. The van der Waals surface area contributed by atoms with Crippen LogP contribution in [0.5, 0.6) is 0 Å². The third kappa shape index (κ3) is 3.58. The molecule has 0 aliphatic rings. The van der Waals surface area contributed by atoms with Gasteiger partial charge in [-0.15, -0.1) is 10.2 Å². The Labute approximate surface area is 129 Å². The molecular formula is C11H14N6O2S2. The molecule has 0 radical (unpaired) electrons. The normalized spacial score (nSPS) is 10.6. The van der Waals surface area contributed by atoms with Crippen LogP contribution in [0.1, 0.15) is 28.1 Å². The van der Waals surface area contributed by atoms with Crippen LogP contribution < -0.4 is 11.2 Å². The van der Waals surface area contributed by atoms with E-state index in [4.69, 9.17) is 5.84 Å². The molecule has 3 N–H and O–H groups in total. The molecule has 0 aliphatic heterocycles. The number of amides is 1. The van der Waals surface area contributed by atoms with Crippen LogP contribution >= 0.6 is 23.1 Å². The number of anilines is 1. The van der Waals surface area contributed by atoms with Crippen molar-refractivity contribution in [3.05, 3.63) is 16.4 Å². The number of hydrogen-bond donors (Lipinski definition) is 2. The molecule has 1 amide bonds. The van der Waals surface area contributed by atoms with E-state index < -0.39 is 0 Å². The van der Waals surface area contributed by atoms with Gasteiger partial charge in [-0.2, -0.15) is 0 Å².